The number of anilines is 1. The van der Waals surface area contributed by atoms with Gasteiger partial charge in [0.05, 0.1) is 6.04 Å². The second kappa shape index (κ2) is 7.44. The predicted octanol–water partition coefficient (Wildman–Crippen LogP) is 6.00. The SMILES string of the molecule is O=C(c1ccc2c(c1)[C@@H]1[C@H]3CC[C@@H](C3)[C@@H]1[C@H](c1ccccc1)N2)N1CCCCCC1. The third-order valence-electron chi connectivity index (χ3n) is 8.39. The Bertz CT molecular complexity index is 931. The number of amides is 1. The van der Waals surface area contributed by atoms with Crippen LogP contribution < -0.4 is 5.32 Å². The number of rotatable bonds is 2. The van der Waals surface area contributed by atoms with E-state index >= 15 is 0 Å². The van der Waals surface area contributed by atoms with Gasteiger partial charge in [-0.1, -0.05) is 43.2 Å². The number of likely N-dealkylation sites (tertiary alicyclic amines) is 1. The molecule has 3 nitrogen and oxygen atoms in total. The van der Waals surface area contributed by atoms with Gasteiger partial charge in [-0.15, -0.1) is 0 Å². The van der Waals surface area contributed by atoms with Crippen LogP contribution in [-0.2, 0) is 0 Å². The normalized spacial score (nSPS) is 32.1. The predicted molar refractivity (Wildman–Crippen MR) is 121 cm³/mol. The molecule has 30 heavy (non-hydrogen) atoms. The zero-order chi connectivity index (χ0) is 20.1. The van der Waals surface area contributed by atoms with E-state index in [9.17, 15) is 4.79 Å². The van der Waals surface area contributed by atoms with E-state index < -0.39 is 0 Å². The second-order valence-corrected chi connectivity index (χ2v) is 9.98. The lowest BCUT2D eigenvalue weighted by Gasteiger charge is -2.43. The summed E-state index contributed by atoms with van der Waals surface area (Å²) in [5.74, 6) is 3.10. The summed E-state index contributed by atoms with van der Waals surface area (Å²) in [5.41, 5.74) is 4.98. The molecule has 1 amide bonds. The molecule has 2 aliphatic heterocycles. The molecule has 2 aromatic rings. The number of benzene rings is 2. The molecule has 2 saturated carbocycles. The maximum Gasteiger partial charge on any atom is 0.253 e. The van der Waals surface area contributed by atoms with E-state index in [0.717, 1.165) is 43.3 Å². The van der Waals surface area contributed by atoms with E-state index in [1.165, 1.54) is 48.9 Å². The Morgan fingerprint density at radius 3 is 2.47 bits per heavy atom. The van der Waals surface area contributed by atoms with Gasteiger partial charge in [0.15, 0.2) is 0 Å². The largest absolute Gasteiger partial charge is 0.378 e. The highest BCUT2D eigenvalue weighted by atomic mass is 16.2. The highest BCUT2D eigenvalue weighted by Gasteiger charge is 2.53. The molecule has 0 aromatic heterocycles. The zero-order valence-corrected chi connectivity index (χ0v) is 17.7. The van der Waals surface area contributed by atoms with E-state index in [2.05, 4.69) is 58.7 Å². The van der Waals surface area contributed by atoms with Crippen molar-refractivity contribution in [2.24, 2.45) is 17.8 Å². The number of carbonyl (C=O) groups excluding carboxylic acids is 1. The molecule has 1 N–H and O–H groups in total. The number of hydrogen-bond donors (Lipinski definition) is 1. The summed E-state index contributed by atoms with van der Waals surface area (Å²) in [7, 11) is 0. The van der Waals surface area contributed by atoms with Gasteiger partial charge >= 0.3 is 0 Å². The third kappa shape index (κ3) is 2.97. The quantitative estimate of drug-likeness (QED) is 0.670. The van der Waals surface area contributed by atoms with Crippen LogP contribution in [0.2, 0.25) is 0 Å². The van der Waals surface area contributed by atoms with Crippen molar-refractivity contribution in [1.29, 1.82) is 0 Å². The van der Waals surface area contributed by atoms with E-state index in [1.807, 2.05) is 0 Å². The fourth-order valence-electron chi connectivity index (χ4n) is 7.07. The molecule has 1 saturated heterocycles. The van der Waals surface area contributed by atoms with Gasteiger partial charge in [0, 0.05) is 24.3 Å². The van der Waals surface area contributed by atoms with Crippen molar-refractivity contribution in [2.45, 2.75) is 56.9 Å². The molecule has 156 valence electrons. The lowest BCUT2D eigenvalue weighted by Crippen LogP contribution is -2.36. The molecule has 4 aliphatic rings. The maximum absolute atomic E-state index is 13.3. The molecule has 6 rings (SSSR count). The zero-order valence-electron chi connectivity index (χ0n) is 17.7. The van der Waals surface area contributed by atoms with Gasteiger partial charge in [-0.2, -0.15) is 0 Å². The minimum Gasteiger partial charge on any atom is -0.378 e. The Hall–Kier alpha value is -2.29. The van der Waals surface area contributed by atoms with Crippen LogP contribution in [0.5, 0.6) is 0 Å². The smallest absolute Gasteiger partial charge is 0.253 e. The van der Waals surface area contributed by atoms with Gasteiger partial charge in [-0.05, 0) is 85.1 Å². The Balaban J connectivity index is 1.36. The summed E-state index contributed by atoms with van der Waals surface area (Å²) in [5, 5.41) is 3.90. The first-order chi connectivity index (χ1) is 14.8. The van der Waals surface area contributed by atoms with Crippen molar-refractivity contribution in [3.05, 3.63) is 65.2 Å². The molecule has 3 fully saturated rings. The number of nitrogens with zero attached hydrogens (tertiary/aromatic N) is 1. The van der Waals surface area contributed by atoms with Crippen molar-refractivity contribution in [2.75, 3.05) is 18.4 Å². The van der Waals surface area contributed by atoms with E-state index in [0.29, 0.717) is 17.9 Å². The van der Waals surface area contributed by atoms with Crippen molar-refractivity contribution in [1.82, 2.24) is 4.90 Å². The van der Waals surface area contributed by atoms with Crippen LogP contribution in [0.25, 0.3) is 0 Å². The molecular formula is C27H32N2O. The Labute approximate surface area is 179 Å². The molecule has 2 heterocycles. The lowest BCUT2D eigenvalue weighted by atomic mass is 9.68. The van der Waals surface area contributed by atoms with Crippen LogP contribution in [-0.4, -0.2) is 23.9 Å². The Morgan fingerprint density at radius 2 is 1.67 bits per heavy atom. The second-order valence-electron chi connectivity index (χ2n) is 9.98. The summed E-state index contributed by atoms with van der Waals surface area (Å²) in [6, 6.07) is 17.9. The van der Waals surface area contributed by atoms with Crippen molar-refractivity contribution >= 4 is 11.6 Å². The topological polar surface area (TPSA) is 32.3 Å². The van der Waals surface area contributed by atoms with Gasteiger partial charge in [0.2, 0.25) is 0 Å². The van der Waals surface area contributed by atoms with Crippen LogP contribution in [0.3, 0.4) is 0 Å². The number of fused-ring (bicyclic) bond motifs is 7. The highest BCUT2D eigenvalue weighted by molar-refractivity contribution is 5.95. The van der Waals surface area contributed by atoms with Gasteiger partial charge in [0.25, 0.3) is 5.91 Å². The molecule has 3 heteroatoms. The standard InChI is InChI=1S/C27H32N2O/c30-27(29-14-6-1-2-7-15-29)21-12-13-23-22(17-21)24-19-10-11-20(16-19)25(24)26(28-23)18-8-4-3-5-9-18/h3-5,8-9,12-13,17,19-20,24-26,28H,1-2,6-7,10-11,14-16H2/t19-,20-,24-,25-,26-/m0/s1. The summed E-state index contributed by atoms with van der Waals surface area (Å²) in [4.78, 5) is 15.4. The summed E-state index contributed by atoms with van der Waals surface area (Å²) >= 11 is 0. The van der Waals surface area contributed by atoms with Crippen LogP contribution in [0.15, 0.2) is 48.5 Å². The number of nitrogens with one attached hydrogen (secondary N) is 1. The van der Waals surface area contributed by atoms with Crippen molar-refractivity contribution in [3.63, 3.8) is 0 Å². The fourth-order valence-corrected chi connectivity index (χ4v) is 7.07. The van der Waals surface area contributed by atoms with Crippen LogP contribution in [0, 0.1) is 17.8 Å². The Morgan fingerprint density at radius 1 is 0.900 bits per heavy atom. The van der Waals surface area contributed by atoms with Crippen LogP contribution >= 0.6 is 0 Å². The highest BCUT2D eigenvalue weighted by Crippen LogP contribution is 2.63. The van der Waals surface area contributed by atoms with Crippen LogP contribution in [0.1, 0.15) is 78.4 Å². The van der Waals surface area contributed by atoms with Crippen LogP contribution in [0.4, 0.5) is 5.69 Å². The van der Waals surface area contributed by atoms with E-state index in [1.54, 1.807) is 0 Å². The summed E-state index contributed by atoms with van der Waals surface area (Å²) < 4.78 is 0. The van der Waals surface area contributed by atoms with E-state index in [-0.39, 0.29) is 5.91 Å². The molecule has 2 aromatic carbocycles. The average molecular weight is 401 g/mol. The lowest BCUT2D eigenvalue weighted by molar-refractivity contribution is 0.0761. The maximum atomic E-state index is 13.3. The molecule has 5 atom stereocenters. The first kappa shape index (κ1) is 18.5. The number of hydrogen-bond acceptors (Lipinski definition) is 2. The first-order valence-electron chi connectivity index (χ1n) is 12.0. The Kier molecular flexibility index (Phi) is 4.58. The molecule has 0 unspecified atom stereocenters. The fraction of sp³-hybridized carbons (Fsp3) is 0.519. The first-order valence-corrected chi connectivity index (χ1v) is 12.0. The molecule has 2 aliphatic carbocycles. The third-order valence-corrected chi connectivity index (χ3v) is 8.39. The molecule has 0 spiro atoms. The van der Waals surface area contributed by atoms with E-state index in [4.69, 9.17) is 0 Å². The number of carbonyl (C=O) groups is 1. The summed E-state index contributed by atoms with van der Waals surface area (Å²) in [6.07, 6.45) is 8.90. The summed E-state index contributed by atoms with van der Waals surface area (Å²) in [6.45, 7) is 1.84. The van der Waals surface area contributed by atoms with Crippen molar-refractivity contribution in [3.8, 4) is 0 Å². The average Bonchev–Trinajstić information content (AvgIpc) is 3.31. The van der Waals surface area contributed by atoms with Gasteiger partial charge < -0.3 is 10.2 Å². The minimum atomic E-state index is 0.240. The van der Waals surface area contributed by atoms with Gasteiger partial charge in [0.1, 0.15) is 0 Å². The van der Waals surface area contributed by atoms with Gasteiger partial charge in [-0.3, -0.25) is 4.79 Å². The van der Waals surface area contributed by atoms with Gasteiger partial charge in [-0.25, -0.2) is 0 Å². The molecular weight excluding hydrogens is 368 g/mol. The van der Waals surface area contributed by atoms with Crippen molar-refractivity contribution < 1.29 is 4.79 Å². The molecule has 2 bridgehead atoms. The monoisotopic (exact) mass is 400 g/mol. The minimum absolute atomic E-state index is 0.240. The molecule has 0 radical (unpaired) electrons.